The third-order valence-corrected chi connectivity index (χ3v) is 6.07. The van der Waals surface area contributed by atoms with Crippen molar-refractivity contribution in [3.8, 4) is 17.4 Å². The van der Waals surface area contributed by atoms with Gasteiger partial charge in [0.2, 0.25) is 5.88 Å². The van der Waals surface area contributed by atoms with Crippen LogP contribution in [0.2, 0.25) is 0 Å². The molecule has 0 aliphatic carbocycles. The van der Waals surface area contributed by atoms with Gasteiger partial charge in [-0.25, -0.2) is 18.4 Å². The fraction of sp³-hybridized carbons (Fsp3) is 0. The molecule has 2 aromatic heterocycles. The van der Waals surface area contributed by atoms with Crippen molar-refractivity contribution in [2.45, 2.75) is 4.90 Å². The Kier molecular flexibility index (Phi) is 5.49. The van der Waals surface area contributed by atoms with E-state index < -0.39 is 10.0 Å². The number of anilines is 1. The van der Waals surface area contributed by atoms with Gasteiger partial charge in [0.25, 0.3) is 10.0 Å². The van der Waals surface area contributed by atoms with E-state index in [9.17, 15) is 8.42 Å². The van der Waals surface area contributed by atoms with Crippen LogP contribution in [0, 0.1) is 3.57 Å². The Labute approximate surface area is 181 Å². The smallest absolute Gasteiger partial charge is 0.261 e. The summed E-state index contributed by atoms with van der Waals surface area (Å²) in [5.74, 6) is 1.59. The van der Waals surface area contributed by atoms with Crippen molar-refractivity contribution in [3.05, 3.63) is 89.0 Å². The molecule has 0 amide bonds. The molecule has 29 heavy (non-hydrogen) atoms. The standard InChI is InChI=1S/C20H15IN4O3S/c21-15-3-9-18(10-4-15)29(26,27)24-16-5-7-17(8-6-16)28-20-13-19(22-14-23-20)25-11-1-2-12-25/h1-14,24H. The van der Waals surface area contributed by atoms with Crippen LogP contribution < -0.4 is 9.46 Å². The van der Waals surface area contributed by atoms with E-state index in [2.05, 4.69) is 37.3 Å². The third-order valence-electron chi connectivity index (χ3n) is 3.95. The maximum atomic E-state index is 12.5. The summed E-state index contributed by atoms with van der Waals surface area (Å²) in [6.07, 6.45) is 5.18. The van der Waals surface area contributed by atoms with Gasteiger partial charge in [-0.2, -0.15) is 0 Å². The molecular formula is C20H15IN4O3S. The zero-order valence-electron chi connectivity index (χ0n) is 14.9. The summed E-state index contributed by atoms with van der Waals surface area (Å²) in [6, 6.07) is 18.8. The highest BCUT2D eigenvalue weighted by molar-refractivity contribution is 14.1. The fourth-order valence-electron chi connectivity index (χ4n) is 2.55. The first-order valence-corrected chi connectivity index (χ1v) is 11.1. The van der Waals surface area contributed by atoms with Crippen LogP contribution in [0.3, 0.4) is 0 Å². The lowest BCUT2D eigenvalue weighted by molar-refractivity contribution is 0.461. The Morgan fingerprint density at radius 2 is 1.62 bits per heavy atom. The van der Waals surface area contributed by atoms with Crippen molar-refractivity contribution in [2.24, 2.45) is 0 Å². The molecule has 0 aliphatic heterocycles. The number of sulfonamides is 1. The molecule has 2 heterocycles. The molecule has 146 valence electrons. The summed E-state index contributed by atoms with van der Waals surface area (Å²) in [6.45, 7) is 0. The quantitative estimate of drug-likeness (QED) is 0.381. The summed E-state index contributed by atoms with van der Waals surface area (Å²) < 4.78 is 36.1. The van der Waals surface area contributed by atoms with Crippen LogP contribution in [0.1, 0.15) is 0 Å². The summed E-state index contributed by atoms with van der Waals surface area (Å²) in [7, 11) is -3.65. The molecule has 0 fully saturated rings. The normalized spacial score (nSPS) is 11.2. The summed E-state index contributed by atoms with van der Waals surface area (Å²) in [4.78, 5) is 8.53. The van der Waals surface area contributed by atoms with Crippen molar-refractivity contribution in [1.82, 2.24) is 14.5 Å². The van der Waals surface area contributed by atoms with Gasteiger partial charge in [-0.05, 0) is 83.3 Å². The van der Waals surface area contributed by atoms with Crippen LogP contribution in [-0.4, -0.2) is 23.0 Å². The number of nitrogens with one attached hydrogen (secondary N) is 1. The molecule has 0 radical (unpaired) electrons. The Hall–Kier alpha value is -2.92. The minimum absolute atomic E-state index is 0.205. The maximum Gasteiger partial charge on any atom is 0.261 e. The molecular weight excluding hydrogens is 503 g/mol. The number of rotatable bonds is 6. The van der Waals surface area contributed by atoms with Gasteiger partial charge in [0.1, 0.15) is 17.9 Å². The number of halogens is 1. The van der Waals surface area contributed by atoms with Gasteiger partial charge in [-0.3, -0.25) is 4.72 Å². The minimum atomic E-state index is -3.65. The second-order valence-corrected chi connectivity index (χ2v) is 8.92. The van der Waals surface area contributed by atoms with Crippen LogP contribution in [0.15, 0.2) is 90.3 Å². The second-order valence-electron chi connectivity index (χ2n) is 5.99. The number of aromatic nitrogens is 3. The first-order valence-electron chi connectivity index (χ1n) is 8.51. The predicted octanol–water partition coefficient (Wildman–Crippen LogP) is 4.47. The predicted molar refractivity (Wildman–Crippen MR) is 118 cm³/mol. The zero-order valence-corrected chi connectivity index (χ0v) is 17.9. The molecule has 0 aliphatic rings. The number of hydrogen-bond acceptors (Lipinski definition) is 5. The Morgan fingerprint density at radius 1 is 0.931 bits per heavy atom. The SMILES string of the molecule is O=S(=O)(Nc1ccc(Oc2cc(-n3cccc3)ncn2)cc1)c1ccc(I)cc1. The molecule has 0 saturated carbocycles. The van der Waals surface area contributed by atoms with Crippen LogP contribution in [0.4, 0.5) is 5.69 Å². The molecule has 9 heteroatoms. The van der Waals surface area contributed by atoms with Gasteiger partial charge in [-0.15, -0.1) is 0 Å². The number of ether oxygens (including phenoxy) is 1. The van der Waals surface area contributed by atoms with Crippen LogP contribution in [0.25, 0.3) is 5.82 Å². The van der Waals surface area contributed by atoms with Crippen molar-refractivity contribution < 1.29 is 13.2 Å². The maximum absolute atomic E-state index is 12.5. The molecule has 0 spiro atoms. The topological polar surface area (TPSA) is 86.1 Å². The number of hydrogen-bond donors (Lipinski definition) is 1. The highest BCUT2D eigenvalue weighted by atomic mass is 127. The van der Waals surface area contributed by atoms with Crippen LogP contribution >= 0.6 is 22.6 Å². The largest absolute Gasteiger partial charge is 0.439 e. The van der Waals surface area contributed by atoms with E-state index in [1.807, 2.05) is 29.1 Å². The molecule has 1 N–H and O–H groups in total. The van der Waals surface area contributed by atoms with Gasteiger partial charge < -0.3 is 9.30 Å². The molecule has 0 atom stereocenters. The average Bonchev–Trinajstić information content (AvgIpc) is 3.25. The van der Waals surface area contributed by atoms with Crippen molar-refractivity contribution in [1.29, 1.82) is 0 Å². The second kappa shape index (κ2) is 8.21. The molecule has 7 nitrogen and oxygen atoms in total. The summed E-state index contributed by atoms with van der Waals surface area (Å²) in [5, 5.41) is 0. The molecule has 2 aromatic carbocycles. The van der Waals surface area contributed by atoms with Crippen molar-refractivity contribution in [2.75, 3.05) is 4.72 Å². The number of benzene rings is 2. The van der Waals surface area contributed by atoms with Gasteiger partial charge in [0.05, 0.1) is 4.90 Å². The lowest BCUT2D eigenvalue weighted by atomic mass is 10.3. The van der Waals surface area contributed by atoms with E-state index in [0.717, 1.165) is 3.57 Å². The van der Waals surface area contributed by atoms with Crippen LogP contribution in [0.5, 0.6) is 11.6 Å². The molecule has 4 rings (SSSR count). The van der Waals surface area contributed by atoms with Crippen molar-refractivity contribution in [3.63, 3.8) is 0 Å². The highest BCUT2D eigenvalue weighted by Crippen LogP contribution is 2.24. The zero-order chi connectivity index (χ0) is 20.3. The van der Waals surface area contributed by atoms with Gasteiger partial charge in [0.15, 0.2) is 0 Å². The van der Waals surface area contributed by atoms with Gasteiger partial charge in [0, 0.05) is 27.7 Å². The first kappa shape index (κ1) is 19.4. The summed E-state index contributed by atoms with van der Waals surface area (Å²) >= 11 is 2.13. The van der Waals surface area contributed by atoms with Gasteiger partial charge >= 0.3 is 0 Å². The van der Waals surface area contributed by atoms with Gasteiger partial charge in [-0.1, -0.05) is 0 Å². The number of nitrogens with zero attached hydrogens (tertiary/aromatic N) is 3. The molecule has 0 saturated heterocycles. The highest BCUT2D eigenvalue weighted by Gasteiger charge is 2.14. The van der Waals surface area contributed by atoms with E-state index in [0.29, 0.717) is 23.1 Å². The third kappa shape index (κ3) is 4.74. The molecule has 0 unspecified atom stereocenters. The first-order chi connectivity index (χ1) is 14.0. The van der Waals surface area contributed by atoms with E-state index in [-0.39, 0.29) is 4.90 Å². The Bertz CT molecular complexity index is 1210. The molecule has 0 bridgehead atoms. The Morgan fingerprint density at radius 3 is 2.31 bits per heavy atom. The lowest BCUT2D eigenvalue weighted by Crippen LogP contribution is -2.12. The van der Waals surface area contributed by atoms with E-state index >= 15 is 0 Å². The molecule has 4 aromatic rings. The fourth-order valence-corrected chi connectivity index (χ4v) is 3.97. The van der Waals surface area contributed by atoms with E-state index in [1.54, 1.807) is 54.6 Å². The monoisotopic (exact) mass is 518 g/mol. The summed E-state index contributed by atoms with van der Waals surface area (Å²) in [5.41, 5.74) is 0.437. The Balaban J connectivity index is 1.47. The van der Waals surface area contributed by atoms with Crippen LogP contribution in [-0.2, 0) is 10.0 Å². The average molecular weight is 518 g/mol. The van der Waals surface area contributed by atoms with E-state index in [4.69, 9.17) is 4.74 Å². The van der Waals surface area contributed by atoms with Crippen molar-refractivity contribution >= 4 is 38.3 Å². The minimum Gasteiger partial charge on any atom is -0.439 e. The van der Waals surface area contributed by atoms with E-state index in [1.165, 1.54) is 6.33 Å². The lowest BCUT2D eigenvalue weighted by Gasteiger charge is -2.10.